The summed E-state index contributed by atoms with van der Waals surface area (Å²) in [6.45, 7) is 6.81. The predicted molar refractivity (Wildman–Crippen MR) is 86.2 cm³/mol. The van der Waals surface area contributed by atoms with Gasteiger partial charge in [0.05, 0.1) is 0 Å². The summed E-state index contributed by atoms with van der Waals surface area (Å²) in [4.78, 5) is 2.70. The van der Waals surface area contributed by atoms with E-state index in [1.165, 1.54) is 37.1 Å². The Hall–Kier alpha value is -1.02. The fourth-order valence-corrected chi connectivity index (χ4v) is 4.48. The van der Waals surface area contributed by atoms with Crippen molar-refractivity contribution in [2.45, 2.75) is 51.5 Å². The lowest BCUT2D eigenvalue weighted by Gasteiger charge is -2.39. The Morgan fingerprint density at radius 3 is 2.50 bits per heavy atom. The van der Waals surface area contributed by atoms with Crippen molar-refractivity contribution in [3.63, 3.8) is 0 Å². The molecule has 2 heteroatoms. The van der Waals surface area contributed by atoms with Crippen LogP contribution in [0.3, 0.4) is 0 Å². The minimum atomic E-state index is 0.642. The van der Waals surface area contributed by atoms with Crippen LogP contribution in [0.15, 0.2) is 24.3 Å². The van der Waals surface area contributed by atoms with E-state index >= 15 is 0 Å². The van der Waals surface area contributed by atoms with E-state index in [-0.39, 0.29) is 0 Å². The summed E-state index contributed by atoms with van der Waals surface area (Å²) in [5.41, 5.74) is 8.83. The molecule has 1 saturated carbocycles. The number of para-hydroxylation sites is 1. The van der Waals surface area contributed by atoms with E-state index in [0.717, 1.165) is 30.8 Å². The molecule has 1 fully saturated rings. The van der Waals surface area contributed by atoms with Crippen LogP contribution in [0.4, 0.5) is 5.69 Å². The van der Waals surface area contributed by atoms with Crippen molar-refractivity contribution in [3.05, 3.63) is 29.8 Å². The van der Waals surface area contributed by atoms with Gasteiger partial charge in [-0.15, -0.1) is 0 Å². The van der Waals surface area contributed by atoms with Gasteiger partial charge < -0.3 is 10.6 Å². The SMILES string of the molecule is CC1CC(C)CC(N2CC(CCN)c3ccccc32)C1. The molecular weight excluding hydrogens is 244 g/mol. The van der Waals surface area contributed by atoms with Gasteiger partial charge in [-0.3, -0.25) is 0 Å². The third-order valence-corrected chi connectivity index (χ3v) is 5.21. The fourth-order valence-electron chi connectivity index (χ4n) is 4.48. The topological polar surface area (TPSA) is 29.3 Å². The molecule has 0 amide bonds. The van der Waals surface area contributed by atoms with Gasteiger partial charge in [-0.2, -0.15) is 0 Å². The molecule has 1 aliphatic heterocycles. The highest BCUT2D eigenvalue weighted by Gasteiger charge is 2.35. The highest BCUT2D eigenvalue weighted by molar-refractivity contribution is 5.61. The van der Waals surface area contributed by atoms with Crippen LogP contribution in [-0.4, -0.2) is 19.1 Å². The van der Waals surface area contributed by atoms with Crippen LogP contribution in [0.1, 0.15) is 51.0 Å². The zero-order chi connectivity index (χ0) is 14.1. The molecule has 0 saturated heterocycles. The molecule has 3 atom stereocenters. The van der Waals surface area contributed by atoms with E-state index in [0.29, 0.717) is 5.92 Å². The Balaban J connectivity index is 1.84. The number of rotatable bonds is 3. The Morgan fingerprint density at radius 1 is 1.10 bits per heavy atom. The molecule has 110 valence electrons. The van der Waals surface area contributed by atoms with E-state index in [2.05, 4.69) is 43.0 Å². The smallest absolute Gasteiger partial charge is 0.0405 e. The Morgan fingerprint density at radius 2 is 1.80 bits per heavy atom. The lowest BCUT2D eigenvalue weighted by Crippen LogP contribution is -2.40. The molecule has 3 unspecified atom stereocenters. The molecule has 2 nitrogen and oxygen atoms in total. The maximum Gasteiger partial charge on any atom is 0.0405 e. The third-order valence-electron chi connectivity index (χ3n) is 5.21. The monoisotopic (exact) mass is 272 g/mol. The highest BCUT2D eigenvalue weighted by atomic mass is 15.2. The molecule has 2 aliphatic rings. The van der Waals surface area contributed by atoms with Crippen molar-refractivity contribution < 1.29 is 0 Å². The first kappa shape index (κ1) is 13.9. The van der Waals surface area contributed by atoms with Crippen LogP contribution in [-0.2, 0) is 0 Å². The number of hydrogen-bond donors (Lipinski definition) is 1. The van der Waals surface area contributed by atoms with Gasteiger partial charge in [-0.25, -0.2) is 0 Å². The fraction of sp³-hybridized carbons (Fsp3) is 0.667. The van der Waals surface area contributed by atoms with Gasteiger partial charge in [-0.1, -0.05) is 32.0 Å². The number of nitrogens with zero attached hydrogens (tertiary/aromatic N) is 1. The zero-order valence-corrected chi connectivity index (χ0v) is 12.9. The van der Waals surface area contributed by atoms with E-state index < -0.39 is 0 Å². The lowest BCUT2D eigenvalue weighted by molar-refractivity contribution is 0.260. The summed E-state index contributed by atoms with van der Waals surface area (Å²) in [5.74, 6) is 2.37. The second-order valence-corrected chi connectivity index (χ2v) is 7.06. The van der Waals surface area contributed by atoms with E-state index in [9.17, 15) is 0 Å². The minimum Gasteiger partial charge on any atom is -0.368 e. The van der Waals surface area contributed by atoms with Crippen molar-refractivity contribution in [1.82, 2.24) is 0 Å². The lowest BCUT2D eigenvalue weighted by atomic mass is 9.80. The molecule has 1 aromatic rings. The van der Waals surface area contributed by atoms with Gasteiger partial charge in [0.15, 0.2) is 0 Å². The third kappa shape index (κ3) is 2.58. The number of anilines is 1. The van der Waals surface area contributed by atoms with E-state index in [1.54, 1.807) is 0 Å². The molecule has 0 radical (unpaired) electrons. The summed E-state index contributed by atoms with van der Waals surface area (Å²) in [6, 6.07) is 9.73. The van der Waals surface area contributed by atoms with Gasteiger partial charge in [0.2, 0.25) is 0 Å². The van der Waals surface area contributed by atoms with Crippen LogP contribution in [0.5, 0.6) is 0 Å². The largest absolute Gasteiger partial charge is 0.368 e. The van der Waals surface area contributed by atoms with Crippen molar-refractivity contribution >= 4 is 5.69 Å². The summed E-state index contributed by atoms with van der Waals surface area (Å²) >= 11 is 0. The molecule has 2 N–H and O–H groups in total. The quantitative estimate of drug-likeness (QED) is 0.907. The molecule has 1 aromatic carbocycles. The normalized spacial score (nSPS) is 33.2. The molecule has 0 bridgehead atoms. The maximum atomic E-state index is 5.81. The highest BCUT2D eigenvalue weighted by Crippen LogP contribution is 2.42. The molecule has 0 spiro atoms. The average molecular weight is 272 g/mol. The van der Waals surface area contributed by atoms with Crippen LogP contribution < -0.4 is 10.6 Å². The average Bonchev–Trinajstić information content (AvgIpc) is 2.78. The number of fused-ring (bicyclic) bond motifs is 1. The molecular formula is C18H28N2. The van der Waals surface area contributed by atoms with Crippen LogP contribution in [0.25, 0.3) is 0 Å². The van der Waals surface area contributed by atoms with Gasteiger partial charge in [-0.05, 0) is 55.7 Å². The molecule has 0 aromatic heterocycles. The standard InChI is InChI=1S/C18H28N2/c1-13-9-14(2)11-16(10-13)20-12-15(7-8-19)17-5-3-4-6-18(17)20/h3-6,13-16H,7-12,19H2,1-2H3. The van der Waals surface area contributed by atoms with Crippen molar-refractivity contribution in [2.75, 3.05) is 18.0 Å². The van der Waals surface area contributed by atoms with E-state index in [4.69, 9.17) is 5.73 Å². The zero-order valence-electron chi connectivity index (χ0n) is 12.9. The van der Waals surface area contributed by atoms with Crippen molar-refractivity contribution in [2.24, 2.45) is 17.6 Å². The number of hydrogen-bond acceptors (Lipinski definition) is 2. The second kappa shape index (κ2) is 5.77. The van der Waals surface area contributed by atoms with E-state index in [1.807, 2.05) is 0 Å². The van der Waals surface area contributed by atoms with Gasteiger partial charge >= 0.3 is 0 Å². The summed E-state index contributed by atoms with van der Waals surface area (Å²) in [6.07, 6.45) is 5.23. The molecule has 1 aliphatic carbocycles. The summed E-state index contributed by atoms with van der Waals surface area (Å²) in [7, 11) is 0. The Labute approximate surface area is 123 Å². The molecule has 1 heterocycles. The summed E-state index contributed by atoms with van der Waals surface area (Å²) in [5, 5.41) is 0. The van der Waals surface area contributed by atoms with Crippen molar-refractivity contribution in [3.8, 4) is 0 Å². The van der Waals surface area contributed by atoms with Gasteiger partial charge in [0.1, 0.15) is 0 Å². The first-order valence-electron chi connectivity index (χ1n) is 8.24. The summed E-state index contributed by atoms with van der Waals surface area (Å²) < 4.78 is 0. The first-order chi connectivity index (χ1) is 9.69. The van der Waals surface area contributed by atoms with Gasteiger partial charge in [0.25, 0.3) is 0 Å². The maximum absolute atomic E-state index is 5.81. The first-order valence-corrected chi connectivity index (χ1v) is 8.24. The van der Waals surface area contributed by atoms with Crippen molar-refractivity contribution in [1.29, 1.82) is 0 Å². The Bertz CT molecular complexity index is 446. The van der Waals surface area contributed by atoms with Gasteiger partial charge in [0, 0.05) is 24.2 Å². The van der Waals surface area contributed by atoms with Crippen LogP contribution in [0, 0.1) is 11.8 Å². The molecule has 3 rings (SSSR count). The second-order valence-electron chi connectivity index (χ2n) is 7.06. The van der Waals surface area contributed by atoms with Crippen LogP contribution in [0.2, 0.25) is 0 Å². The minimum absolute atomic E-state index is 0.642. The van der Waals surface area contributed by atoms with Crippen LogP contribution >= 0.6 is 0 Å². The predicted octanol–water partition coefficient (Wildman–Crippen LogP) is 3.76. The Kier molecular flexibility index (Phi) is 4.02. The molecule has 20 heavy (non-hydrogen) atoms. The number of nitrogens with two attached hydrogens (primary N) is 1. The number of benzene rings is 1.